The summed E-state index contributed by atoms with van der Waals surface area (Å²) in [5.41, 5.74) is 0. The quantitative estimate of drug-likeness (QED) is 0.525. The van der Waals surface area contributed by atoms with Crippen LogP contribution in [0.25, 0.3) is 0 Å². The topological polar surface area (TPSA) is 111 Å². The van der Waals surface area contributed by atoms with E-state index in [-0.39, 0.29) is 11.5 Å². The zero-order chi connectivity index (χ0) is 13.1. The minimum Gasteiger partial charge on any atom is -0.544 e. The number of hydrogen-bond donors (Lipinski definition) is 2. The highest BCUT2D eigenvalue weighted by molar-refractivity contribution is 7.98. The molecule has 0 aliphatic carbocycles. The van der Waals surface area contributed by atoms with Crippen LogP contribution in [-0.2, 0) is 14.6 Å². The number of thioether (sulfide) groups is 1. The molecule has 1 aliphatic rings. The molecule has 1 aliphatic heterocycles. The monoisotopic (exact) mass is 283 g/mol. The lowest BCUT2D eigenvalue weighted by Crippen LogP contribution is -2.99. The van der Waals surface area contributed by atoms with Crippen molar-refractivity contribution in [2.24, 2.45) is 0 Å². The molecule has 0 bridgehead atoms. The van der Waals surface area contributed by atoms with Crippen molar-refractivity contribution in [1.82, 2.24) is 0 Å². The summed E-state index contributed by atoms with van der Waals surface area (Å²) in [6, 6.07) is -1.39. The third-order valence-electron chi connectivity index (χ3n) is 2.78. The number of sulfone groups is 1. The minimum absolute atomic E-state index is 0.169. The summed E-state index contributed by atoms with van der Waals surface area (Å²) < 4.78 is 22.5. The number of quaternary nitrogens is 1. The van der Waals surface area contributed by atoms with Gasteiger partial charge in [0.1, 0.15) is 23.9 Å². The molecular weight excluding hydrogens is 266 g/mol. The lowest BCUT2D eigenvalue weighted by atomic mass is 10.1. The molecule has 0 radical (unpaired) electrons. The molecule has 0 aromatic heterocycles. The highest BCUT2D eigenvalue weighted by Gasteiger charge is 2.40. The second-order valence-electron chi connectivity index (χ2n) is 4.21. The molecule has 1 saturated heterocycles. The number of nitrogens with two attached hydrogens (primary N) is 1. The van der Waals surface area contributed by atoms with E-state index < -0.39 is 34.0 Å². The molecule has 1 heterocycles. The van der Waals surface area contributed by atoms with Crippen LogP contribution in [-0.4, -0.2) is 61.2 Å². The third-order valence-corrected chi connectivity index (χ3v) is 5.17. The predicted molar refractivity (Wildman–Crippen MR) is 62.2 cm³/mol. The standard InChI is InChI=1S/C9H17NO5S2/c1-16-3-2-6(9(12)13)10-7-4-17(14,15)5-8(7)11/h6-8,10-11H,2-5H2,1H3,(H,12,13)/t6-,7+,8+/m1/s1. The highest BCUT2D eigenvalue weighted by Crippen LogP contribution is 2.10. The van der Waals surface area contributed by atoms with Gasteiger partial charge in [0.15, 0.2) is 9.84 Å². The summed E-state index contributed by atoms with van der Waals surface area (Å²) in [4.78, 5) is 10.9. The van der Waals surface area contributed by atoms with Gasteiger partial charge in [0.25, 0.3) is 0 Å². The number of rotatable bonds is 6. The SMILES string of the molecule is CSCC[C@@H]([NH2+][C@H]1CS(=O)(=O)C[C@@H]1O)C(=O)[O-]. The van der Waals surface area contributed by atoms with Crippen LogP contribution in [0.3, 0.4) is 0 Å². The second-order valence-corrected chi connectivity index (χ2v) is 7.35. The van der Waals surface area contributed by atoms with Crippen LogP contribution in [0.1, 0.15) is 6.42 Å². The van der Waals surface area contributed by atoms with Gasteiger partial charge in [-0.3, -0.25) is 0 Å². The Labute approximate surface area is 105 Å². The van der Waals surface area contributed by atoms with Crippen LogP contribution in [0.4, 0.5) is 0 Å². The largest absolute Gasteiger partial charge is 0.544 e. The Morgan fingerprint density at radius 3 is 2.65 bits per heavy atom. The first kappa shape index (κ1) is 14.7. The minimum atomic E-state index is -3.24. The van der Waals surface area contributed by atoms with Crippen LogP contribution < -0.4 is 10.4 Å². The number of carbonyl (C=O) groups is 1. The Morgan fingerprint density at radius 2 is 2.24 bits per heavy atom. The van der Waals surface area contributed by atoms with Gasteiger partial charge in [-0.05, 0) is 12.0 Å². The van der Waals surface area contributed by atoms with E-state index >= 15 is 0 Å². The zero-order valence-corrected chi connectivity index (χ0v) is 11.2. The first-order chi connectivity index (χ1) is 7.85. The van der Waals surface area contributed by atoms with Crippen LogP contribution in [0.2, 0.25) is 0 Å². The van der Waals surface area contributed by atoms with E-state index in [1.807, 2.05) is 6.26 Å². The van der Waals surface area contributed by atoms with E-state index in [2.05, 4.69) is 0 Å². The molecule has 8 heteroatoms. The fourth-order valence-electron chi connectivity index (χ4n) is 1.88. The van der Waals surface area contributed by atoms with Gasteiger partial charge in [0.2, 0.25) is 0 Å². The number of carboxylic acid groups (broad SMARTS) is 1. The predicted octanol–water partition coefficient (Wildman–Crippen LogP) is -3.42. The van der Waals surface area contributed by atoms with Crippen molar-refractivity contribution in [3.05, 3.63) is 0 Å². The molecule has 0 aromatic carbocycles. The fraction of sp³-hybridized carbons (Fsp3) is 0.889. The van der Waals surface area contributed by atoms with Crippen molar-refractivity contribution in [3.63, 3.8) is 0 Å². The maximum atomic E-state index is 11.3. The Hall–Kier alpha value is -0.310. The number of hydrogen-bond acceptors (Lipinski definition) is 6. The zero-order valence-electron chi connectivity index (χ0n) is 9.53. The van der Waals surface area contributed by atoms with Gasteiger partial charge < -0.3 is 20.3 Å². The average Bonchev–Trinajstić information content (AvgIpc) is 2.46. The molecule has 6 nitrogen and oxygen atoms in total. The van der Waals surface area contributed by atoms with E-state index in [1.54, 1.807) is 0 Å². The molecule has 100 valence electrons. The summed E-state index contributed by atoms with van der Waals surface area (Å²) in [7, 11) is -3.24. The van der Waals surface area contributed by atoms with Gasteiger partial charge in [-0.25, -0.2) is 8.42 Å². The van der Waals surface area contributed by atoms with Crippen molar-refractivity contribution >= 4 is 27.6 Å². The third kappa shape index (κ3) is 4.46. The maximum Gasteiger partial charge on any atom is 0.159 e. The van der Waals surface area contributed by atoms with Gasteiger partial charge in [-0.2, -0.15) is 11.8 Å². The summed E-state index contributed by atoms with van der Waals surface area (Å²) in [5, 5.41) is 21.8. The number of carboxylic acids is 1. The molecule has 3 atom stereocenters. The molecule has 1 fully saturated rings. The fourth-order valence-corrected chi connectivity index (χ4v) is 4.19. The molecular formula is C9H17NO5S2. The van der Waals surface area contributed by atoms with Gasteiger partial charge >= 0.3 is 0 Å². The Morgan fingerprint density at radius 1 is 1.59 bits per heavy atom. The van der Waals surface area contributed by atoms with Crippen LogP contribution in [0.15, 0.2) is 0 Å². The van der Waals surface area contributed by atoms with Gasteiger partial charge in [-0.15, -0.1) is 0 Å². The first-order valence-corrected chi connectivity index (χ1v) is 8.50. The van der Waals surface area contributed by atoms with Crippen LogP contribution in [0, 0.1) is 0 Å². The number of aliphatic carboxylic acids is 1. The molecule has 0 aromatic rings. The molecule has 1 rings (SSSR count). The summed E-state index contributed by atoms with van der Waals surface area (Å²) in [6.07, 6.45) is 1.27. The Bertz CT molecular complexity index is 370. The van der Waals surface area contributed by atoms with E-state index in [0.717, 1.165) is 0 Å². The van der Waals surface area contributed by atoms with Crippen LogP contribution >= 0.6 is 11.8 Å². The molecule has 3 N–H and O–H groups in total. The summed E-state index contributed by atoms with van der Waals surface area (Å²) >= 11 is 1.51. The highest BCUT2D eigenvalue weighted by atomic mass is 32.2. The first-order valence-electron chi connectivity index (χ1n) is 5.29. The normalized spacial score (nSPS) is 29.1. The van der Waals surface area contributed by atoms with Crippen LogP contribution in [0.5, 0.6) is 0 Å². The lowest BCUT2D eigenvalue weighted by molar-refractivity contribution is -0.716. The van der Waals surface area contributed by atoms with Gasteiger partial charge in [0, 0.05) is 6.42 Å². The van der Waals surface area contributed by atoms with E-state index in [0.29, 0.717) is 12.2 Å². The van der Waals surface area contributed by atoms with Crippen molar-refractivity contribution in [1.29, 1.82) is 0 Å². The molecule has 0 saturated carbocycles. The van der Waals surface area contributed by atoms with Crippen molar-refractivity contribution in [3.8, 4) is 0 Å². The Kier molecular flexibility index (Phi) is 5.23. The number of carbonyl (C=O) groups excluding carboxylic acids is 1. The molecule has 0 amide bonds. The molecule has 0 spiro atoms. The maximum absolute atomic E-state index is 11.3. The lowest BCUT2D eigenvalue weighted by Gasteiger charge is -2.21. The van der Waals surface area contributed by atoms with E-state index in [4.69, 9.17) is 0 Å². The summed E-state index contributed by atoms with van der Waals surface area (Å²) in [6.45, 7) is 0. The summed E-state index contributed by atoms with van der Waals surface area (Å²) in [5.74, 6) is -1.01. The number of aliphatic hydroxyl groups excluding tert-OH is 1. The average molecular weight is 283 g/mol. The van der Waals surface area contributed by atoms with Crippen molar-refractivity contribution in [2.75, 3.05) is 23.5 Å². The number of aliphatic hydroxyl groups is 1. The van der Waals surface area contributed by atoms with Gasteiger partial charge in [0.05, 0.1) is 11.7 Å². The smallest absolute Gasteiger partial charge is 0.159 e. The molecule has 0 unspecified atom stereocenters. The van der Waals surface area contributed by atoms with E-state index in [1.165, 1.54) is 17.1 Å². The van der Waals surface area contributed by atoms with E-state index in [9.17, 15) is 23.4 Å². The Balaban J connectivity index is 2.58. The van der Waals surface area contributed by atoms with Crippen molar-refractivity contribution < 1.29 is 28.7 Å². The second kappa shape index (κ2) is 6.03. The van der Waals surface area contributed by atoms with Crippen molar-refractivity contribution in [2.45, 2.75) is 24.6 Å². The molecule has 17 heavy (non-hydrogen) atoms. The van der Waals surface area contributed by atoms with Gasteiger partial charge in [-0.1, -0.05) is 0 Å².